The molecule has 2 aromatic rings. The summed E-state index contributed by atoms with van der Waals surface area (Å²) in [5, 5.41) is 2.06. The van der Waals surface area contributed by atoms with Crippen molar-refractivity contribution in [1.29, 1.82) is 0 Å². The molecule has 120 valence electrons. The molecule has 1 atom stereocenters. The molecule has 2 aromatic carbocycles. The van der Waals surface area contributed by atoms with Crippen molar-refractivity contribution in [3.8, 4) is 17.2 Å². The summed E-state index contributed by atoms with van der Waals surface area (Å²) in [6.45, 7) is 0.598. The van der Waals surface area contributed by atoms with Crippen molar-refractivity contribution in [2.24, 2.45) is 0 Å². The fourth-order valence-corrected chi connectivity index (χ4v) is 2.48. The molecule has 1 heterocycles. The average molecular weight is 334 g/mol. The molecule has 0 bridgehead atoms. The van der Waals surface area contributed by atoms with Crippen LogP contribution in [0.2, 0.25) is 0 Å². The molecule has 0 fully saturated rings. The third-order valence-electron chi connectivity index (χ3n) is 3.54. The fourth-order valence-electron chi connectivity index (χ4n) is 2.25. The van der Waals surface area contributed by atoms with E-state index in [1.807, 2.05) is 18.2 Å². The van der Waals surface area contributed by atoms with Gasteiger partial charge in [0.05, 0.1) is 7.11 Å². The second-order valence-corrected chi connectivity index (χ2v) is 5.48. The quantitative estimate of drug-likeness (QED) is 0.855. The molecular formula is C17H16ClNO4. The highest BCUT2D eigenvalue weighted by molar-refractivity contribution is 6.30. The smallest absolute Gasteiger partial charge is 0.242 e. The Morgan fingerprint density at radius 2 is 1.96 bits per heavy atom. The molecule has 6 heteroatoms. The highest BCUT2D eigenvalue weighted by Crippen LogP contribution is 2.32. The van der Waals surface area contributed by atoms with Gasteiger partial charge in [-0.1, -0.05) is 18.2 Å². The van der Waals surface area contributed by atoms with E-state index >= 15 is 0 Å². The van der Waals surface area contributed by atoms with E-state index in [-0.39, 0.29) is 12.7 Å². The van der Waals surface area contributed by atoms with E-state index in [1.54, 1.807) is 31.4 Å². The maximum atomic E-state index is 12.2. The minimum absolute atomic E-state index is 0.229. The van der Waals surface area contributed by atoms with Crippen LogP contribution in [0.1, 0.15) is 16.5 Å². The first-order valence-electron chi connectivity index (χ1n) is 7.11. The normalized spacial score (nSPS) is 13.5. The summed E-state index contributed by atoms with van der Waals surface area (Å²) in [4.78, 5) is 12.2. The Labute approximate surface area is 139 Å². The summed E-state index contributed by atoms with van der Waals surface area (Å²) in [5.74, 6) is 1.87. The summed E-state index contributed by atoms with van der Waals surface area (Å²) in [6.07, 6.45) is 0. The number of amides is 1. The molecule has 0 spiro atoms. The predicted octanol–water partition coefficient (Wildman–Crippen LogP) is 3.02. The van der Waals surface area contributed by atoms with Crippen LogP contribution in [-0.4, -0.2) is 19.8 Å². The van der Waals surface area contributed by atoms with Crippen LogP contribution in [0.4, 0.5) is 0 Å². The first-order valence-corrected chi connectivity index (χ1v) is 7.55. The maximum Gasteiger partial charge on any atom is 0.242 e. The Morgan fingerprint density at radius 1 is 1.22 bits per heavy atom. The molecule has 1 amide bonds. The largest absolute Gasteiger partial charge is 0.497 e. The van der Waals surface area contributed by atoms with E-state index in [4.69, 9.17) is 25.8 Å². The Balaban J connectivity index is 1.59. The lowest BCUT2D eigenvalue weighted by Gasteiger charge is -2.12. The summed E-state index contributed by atoms with van der Waals surface area (Å²) < 4.78 is 15.7. The van der Waals surface area contributed by atoms with Crippen LogP contribution in [0.3, 0.4) is 0 Å². The Hall–Kier alpha value is -2.40. The van der Waals surface area contributed by atoms with E-state index in [0.29, 0.717) is 18.0 Å². The standard InChI is InChI=1S/C17H16ClNO4/c1-21-13-5-3-12(4-6-13)16(18)17(20)19-9-11-2-7-14-15(8-11)23-10-22-14/h2-8,16H,9-10H2,1H3,(H,19,20). The van der Waals surface area contributed by atoms with Crippen LogP contribution >= 0.6 is 11.6 Å². The van der Waals surface area contributed by atoms with Crippen molar-refractivity contribution in [3.05, 3.63) is 53.6 Å². The minimum Gasteiger partial charge on any atom is -0.497 e. The number of ether oxygens (including phenoxy) is 3. The Kier molecular flexibility index (Phi) is 4.57. The molecule has 1 aliphatic heterocycles. The molecule has 0 aliphatic carbocycles. The number of hydrogen-bond donors (Lipinski definition) is 1. The Morgan fingerprint density at radius 3 is 2.70 bits per heavy atom. The zero-order chi connectivity index (χ0) is 16.2. The van der Waals surface area contributed by atoms with Crippen LogP contribution in [0.15, 0.2) is 42.5 Å². The lowest BCUT2D eigenvalue weighted by Crippen LogP contribution is -2.26. The highest BCUT2D eigenvalue weighted by atomic mass is 35.5. The van der Waals surface area contributed by atoms with Gasteiger partial charge < -0.3 is 19.5 Å². The number of rotatable bonds is 5. The van der Waals surface area contributed by atoms with Crippen LogP contribution in [0, 0.1) is 0 Å². The monoisotopic (exact) mass is 333 g/mol. The summed E-state index contributed by atoms with van der Waals surface area (Å²) in [5.41, 5.74) is 1.64. The number of carbonyl (C=O) groups excluding carboxylic acids is 1. The number of halogens is 1. The van der Waals surface area contributed by atoms with Gasteiger partial charge in [0.2, 0.25) is 12.7 Å². The number of carbonyl (C=O) groups is 1. The van der Waals surface area contributed by atoms with E-state index < -0.39 is 5.38 Å². The minimum atomic E-state index is -0.755. The third kappa shape index (κ3) is 3.51. The average Bonchev–Trinajstić information content (AvgIpc) is 3.06. The molecule has 5 nitrogen and oxygen atoms in total. The van der Waals surface area contributed by atoms with Gasteiger partial charge in [-0.2, -0.15) is 0 Å². The van der Waals surface area contributed by atoms with Gasteiger partial charge in [0.1, 0.15) is 11.1 Å². The topological polar surface area (TPSA) is 56.8 Å². The molecular weight excluding hydrogens is 318 g/mol. The molecule has 0 radical (unpaired) electrons. The summed E-state index contributed by atoms with van der Waals surface area (Å²) >= 11 is 6.21. The van der Waals surface area contributed by atoms with Gasteiger partial charge in [-0.05, 0) is 35.4 Å². The maximum absolute atomic E-state index is 12.2. The van der Waals surface area contributed by atoms with Gasteiger partial charge in [0.25, 0.3) is 0 Å². The van der Waals surface area contributed by atoms with Gasteiger partial charge in [0.15, 0.2) is 11.5 Å². The molecule has 1 unspecified atom stereocenters. The summed E-state index contributed by atoms with van der Waals surface area (Å²) in [6, 6.07) is 12.6. The fraction of sp³-hybridized carbons (Fsp3) is 0.235. The van der Waals surface area contributed by atoms with Crippen molar-refractivity contribution >= 4 is 17.5 Å². The van der Waals surface area contributed by atoms with Crippen LogP contribution in [-0.2, 0) is 11.3 Å². The first kappa shape index (κ1) is 15.5. The van der Waals surface area contributed by atoms with Gasteiger partial charge >= 0.3 is 0 Å². The van der Waals surface area contributed by atoms with Crippen LogP contribution < -0.4 is 19.5 Å². The van der Waals surface area contributed by atoms with Crippen LogP contribution in [0.5, 0.6) is 17.2 Å². The number of fused-ring (bicyclic) bond motifs is 1. The van der Waals surface area contributed by atoms with Crippen molar-refractivity contribution < 1.29 is 19.0 Å². The molecule has 1 N–H and O–H groups in total. The molecule has 0 saturated carbocycles. The number of alkyl halides is 1. The first-order chi connectivity index (χ1) is 11.2. The van der Waals surface area contributed by atoms with E-state index in [2.05, 4.69) is 5.32 Å². The van der Waals surface area contributed by atoms with Gasteiger partial charge in [-0.15, -0.1) is 11.6 Å². The second kappa shape index (κ2) is 6.79. The lowest BCUT2D eigenvalue weighted by molar-refractivity contribution is -0.121. The van der Waals surface area contributed by atoms with E-state index in [0.717, 1.165) is 16.9 Å². The number of nitrogens with one attached hydrogen (secondary N) is 1. The van der Waals surface area contributed by atoms with Crippen molar-refractivity contribution in [2.45, 2.75) is 11.9 Å². The zero-order valence-corrected chi connectivity index (χ0v) is 13.3. The number of benzene rings is 2. The van der Waals surface area contributed by atoms with Crippen LogP contribution in [0.25, 0.3) is 0 Å². The molecule has 3 rings (SSSR count). The lowest BCUT2D eigenvalue weighted by atomic mass is 10.1. The highest BCUT2D eigenvalue weighted by Gasteiger charge is 2.18. The van der Waals surface area contributed by atoms with Crippen molar-refractivity contribution in [2.75, 3.05) is 13.9 Å². The molecule has 1 aliphatic rings. The van der Waals surface area contributed by atoms with Gasteiger partial charge in [0, 0.05) is 6.54 Å². The zero-order valence-electron chi connectivity index (χ0n) is 12.5. The molecule has 0 saturated heterocycles. The third-order valence-corrected chi connectivity index (χ3v) is 3.99. The van der Waals surface area contributed by atoms with Crippen molar-refractivity contribution in [3.63, 3.8) is 0 Å². The predicted molar refractivity (Wildman–Crippen MR) is 86.0 cm³/mol. The van der Waals surface area contributed by atoms with E-state index in [9.17, 15) is 4.79 Å². The molecule has 0 aromatic heterocycles. The van der Waals surface area contributed by atoms with Gasteiger partial charge in [-0.3, -0.25) is 4.79 Å². The van der Waals surface area contributed by atoms with Crippen molar-refractivity contribution in [1.82, 2.24) is 5.32 Å². The SMILES string of the molecule is COc1ccc(C(Cl)C(=O)NCc2ccc3c(c2)OCO3)cc1. The number of methoxy groups -OCH3 is 1. The number of hydrogen-bond acceptors (Lipinski definition) is 4. The molecule has 23 heavy (non-hydrogen) atoms. The Bertz CT molecular complexity index is 702. The second-order valence-electron chi connectivity index (χ2n) is 5.04. The van der Waals surface area contributed by atoms with Gasteiger partial charge in [-0.25, -0.2) is 0 Å². The summed E-state index contributed by atoms with van der Waals surface area (Å²) in [7, 11) is 1.59. The van der Waals surface area contributed by atoms with E-state index in [1.165, 1.54) is 0 Å².